The number of benzene rings is 1. The summed E-state index contributed by atoms with van der Waals surface area (Å²) in [5, 5.41) is 10.3. The van der Waals surface area contributed by atoms with Crippen molar-refractivity contribution in [3.63, 3.8) is 0 Å². The summed E-state index contributed by atoms with van der Waals surface area (Å²) < 4.78 is 27.4. The maximum atomic E-state index is 12.8. The molecule has 2 aliphatic rings. The van der Waals surface area contributed by atoms with Gasteiger partial charge in [-0.2, -0.15) is 4.31 Å². The summed E-state index contributed by atoms with van der Waals surface area (Å²) in [6.07, 6.45) is -1.19. The van der Waals surface area contributed by atoms with Gasteiger partial charge in [0.1, 0.15) is 4.21 Å². The first kappa shape index (κ1) is 18.4. The molecular weight excluding hydrogens is 384 g/mol. The highest BCUT2D eigenvalue weighted by Crippen LogP contribution is 2.33. The number of aliphatic hydroxyl groups excluding tert-OH is 1. The van der Waals surface area contributed by atoms with Gasteiger partial charge in [0, 0.05) is 31.1 Å². The number of sulfonamides is 1. The molecule has 0 aliphatic carbocycles. The molecule has 1 aromatic heterocycles. The molecule has 0 fully saturated rings. The van der Waals surface area contributed by atoms with E-state index in [4.69, 9.17) is 0 Å². The Morgan fingerprint density at radius 2 is 1.67 bits per heavy atom. The van der Waals surface area contributed by atoms with Gasteiger partial charge in [-0.3, -0.25) is 4.79 Å². The zero-order chi connectivity index (χ0) is 19.2. The summed E-state index contributed by atoms with van der Waals surface area (Å²) in [7, 11) is -3.50. The molecule has 0 spiro atoms. The van der Waals surface area contributed by atoms with Crippen LogP contribution in [0.2, 0.25) is 0 Å². The average Bonchev–Trinajstić information content (AvgIpc) is 3.35. The number of carbonyl (C=O) groups is 1. The van der Waals surface area contributed by atoms with E-state index >= 15 is 0 Å². The standard InChI is InChI=1S/C19H20N2O4S2/c1-13-7-8-17(26-13)27(24,25)21-11-15-9-20(10-16(15)12-21)19(23)18(22)14-5-3-2-4-6-14/h2-8,18,22H,9-12H2,1H3/t18-/m1/s1. The molecule has 4 rings (SSSR count). The third-order valence-corrected chi connectivity index (χ3v) is 8.23. The lowest BCUT2D eigenvalue weighted by Crippen LogP contribution is -2.38. The minimum absolute atomic E-state index is 0.305. The minimum atomic E-state index is -3.50. The highest BCUT2D eigenvalue weighted by molar-refractivity contribution is 7.91. The van der Waals surface area contributed by atoms with E-state index in [0.717, 1.165) is 16.0 Å². The zero-order valence-electron chi connectivity index (χ0n) is 14.8. The number of nitrogens with zero attached hydrogens (tertiary/aromatic N) is 2. The molecule has 1 aromatic carbocycles. The lowest BCUT2D eigenvalue weighted by Gasteiger charge is -2.24. The summed E-state index contributed by atoms with van der Waals surface area (Å²) in [6.45, 7) is 3.23. The average molecular weight is 405 g/mol. The van der Waals surface area contributed by atoms with Gasteiger partial charge in [0.2, 0.25) is 0 Å². The summed E-state index contributed by atoms with van der Waals surface area (Å²) in [5.41, 5.74) is 2.48. The fourth-order valence-electron chi connectivity index (χ4n) is 3.50. The van der Waals surface area contributed by atoms with Crippen LogP contribution in [0.4, 0.5) is 0 Å². The van der Waals surface area contributed by atoms with Gasteiger partial charge in [-0.15, -0.1) is 11.3 Å². The first-order valence-corrected chi connectivity index (χ1v) is 10.9. The van der Waals surface area contributed by atoms with Gasteiger partial charge >= 0.3 is 0 Å². The first-order valence-electron chi connectivity index (χ1n) is 8.64. The normalized spacial score (nSPS) is 18.8. The molecule has 3 heterocycles. The van der Waals surface area contributed by atoms with Gasteiger partial charge < -0.3 is 10.0 Å². The first-order chi connectivity index (χ1) is 12.9. The molecule has 2 aromatic rings. The van der Waals surface area contributed by atoms with Gasteiger partial charge in [0.25, 0.3) is 15.9 Å². The molecule has 6 nitrogen and oxygen atoms in total. The van der Waals surface area contributed by atoms with Crippen LogP contribution in [0.15, 0.2) is 57.8 Å². The molecule has 2 aliphatic heterocycles. The SMILES string of the molecule is Cc1ccc(S(=O)(=O)N2CC3=C(CN(C(=O)[C@H](O)c4ccccc4)C3)C2)s1. The Bertz CT molecular complexity index is 993. The predicted molar refractivity (Wildman–Crippen MR) is 103 cm³/mol. The number of carbonyl (C=O) groups excluding carboxylic acids is 1. The molecule has 27 heavy (non-hydrogen) atoms. The van der Waals surface area contributed by atoms with Crippen molar-refractivity contribution in [3.05, 3.63) is 64.1 Å². The topological polar surface area (TPSA) is 77.9 Å². The van der Waals surface area contributed by atoms with E-state index in [-0.39, 0.29) is 5.91 Å². The number of hydrogen-bond donors (Lipinski definition) is 1. The van der Waals surface area contributed by atoms with Crippen LogP contribution >= 0.6 is 11.3 Å². The second-order valence-corrected chi connectivity index (χ2v) is 10.3. The van der Waals surface area contributed by atoms with E-state index in [2.05, 4.69) is 0 Å². The molecule has 0 bridgehead atoms. The highest BCUT2D eigenvalue weighted by Gasteiger charge is 2.39. The van der Waals surface area contributed by atoms with Crippen molar-refractivity contribution >= 4 is 27.3 Å². The predicted octanol–water partition coefficient (Wildman–Crippen LogP) is 1.93. The molecule has 0 radical (unpaired) electrons. The van der Waals surface area contributed by atoms with Crippen molar-refractivity contribution in [2.45, 2.75) is 17.2 Å². The second-order valence-electron chi connectivity index (χ2n) is 6.85. The minimum Gasteiger partial charge on any atom is -0.378 e. The molecule has 8 heteroatoms. The smallest absolute Gasteiger partial charge is 0.256 e. The number of rotatable bonds is 4. The van der Waals surface area contributed by atoms with Crippen LogP contribution in [0.25, 0.3) is 0 Å². The van der Waals surface area contributed by atoms with E-state index < -0.39 is 16.1 Å². The Morgan fingerprint density at radius 3 is 2.22 bits per heavy atom. The van der Waals surface area contributed by atoms with Crippen LogP contribution in [-0.4, -0.2) is 54.8 Å². The number of amides is 1. The van der Waals surface area contributed by atoms with Crippen LogP contribution in [-0.2, 0) is 14.8 Å². The molecular formula is C19H20N2O4S2. The maximum Gasteiger partial charge on any atom is 0.256 e. The molecule has 1 amide bonds. The summed E-state index contributed by atoms with van der Waals surface area (Å²) >= 11 is 1.27. The monoisotopic (exact) mass is 404 g/mol. The van der Waals surface area contributed by atoms with Gasteiger partial charge in [-0.05, 0) is 35.8 Å². The van der Waals surface area contributed by atoms with Gasteiger partial charge in [0.15, 0.2) is 6.10 Å². The zero-order valence-corrected chi connectivity index (χ0v) is 16.5. The molecule has 0 saturated heterocycles. The number of aliphatic hydroxyl groups is 1. The Labute approximate surface area is 162 Å². The van der Waals surface area contributed by atoms with Crippen molar-refractivity contribution in [1.29, 1.82) is 0 Å². The molecule has 1 atom stereocenters. The third kappa shape index (κ3) is 3.34. The number of hydrogen-bond acceptors (Lipinski definition) is 5. The Hall–Kier alpha value is -2.00. The fourth-order valence-corrected chi connectivity index (χ4v) is 6.37. The second kappa shape index (κ2) is 6.87. The Morgan fingerprint density at radius 1 is 1.04 bits per heavy atom. The van der Waals surface area contributed by atoms with Crippen molar-refractivity contribution in [2.24, 2.45) is 0 Å². The molecule has 0 saturated carbocycles. The van der Waals surface area contributed by atoms with Crippen LogP contribution in [0.1, 0.15) is 16.5 Å². The summed E-state index contributed by atoms with van der Waals surface area (Å²) in [4.78, 5) is 15.2. The maximum absolute atomic E-state index is 12.8. The quantitative estimate of drug-likeness (QED) is 0.790. The van der Waals surface area contributed by atoms with Crippen molar-refractivity contribution in [2.75, 3.05) is 26.2 Å². The summed E-state index contributed by atoms with van der Waals surface area (Å²) in [6, 6.07) is 12.3. The van der Waals surface area contributed by atoms with Crippen LogP contribution < -0.4 is 0 Å². The highest BCUT2D eigenvalue weighted by atomic mass is 32.2. The van der Waals surface area contributed by atoms with Crippen molar-refractivity contribution in [1.82, 2.24) is 9.21 Å². The van der Waals surface area contributed by atoms with Crippen molar-refractivity contribution < 1.29 is 18.3 Å². The van der Waals surface area contributed by atoms with E-state index in [1.165, 1.54) is 15.6 Å². The number of aryl methyl sites for hydroxylation is 1. The molecule has 1 N–H and O–H groups in total. The third-order valence-electron chi connectivity index (χ3n) is 4.97. The van der Waals surface area contributed by atoms with Crippen LogP contribution in [0.5, 0.6) is 0 Å². The van der Waals surface area contributed by atoms with Crippen LogP contribution in [0.3, 0.4) is 0 Å². The van der Waals surface area contributed by atoms with E-state index in [1.807, 2.05) is 13.0 Å². The van der Waals surface area contributed by atoms with Crippen molar-refractivity contribution in [3.8, 4) is 0 Å². The van der Waals surface area contributed by atoms with E-state index in [0.29, 0.717) is 36.0 Å². The van der Waals surface area contributed by atoms with E-state index in [9.17, 15) is 18.3 Å². The van der Waals surface area contributed by atoms with E-state index in [1.54, 1.807) is 41.3 Å². The van der Waals surface area contributed by atoms with Gasteiger partial charge in [-0.25, -0.2) is 8.42 Å². The largest absolute Gasteiger partial charge is 0.378 e. The number of thiophene rings is 1. The van der Waals surface area contributed by atoms with Gasteiger partial charge in [0.05, 0.1) is 0 Å². The Balaban J connectivity index is 1.42. The summed E-state index contributed by atoms with van der Waals surface area (Å²) in [5.74, 6) is -0.348. The molecule has 0 unspecified atom stereocenters. The lowest BCUT2D eigenvalue weighted by atomic mass is 10.1. The fraction of sp³-hybridized carbons (Fsp3) is 0.316. The Kier molecular flexibility index (Phi) is 4.67. The van der Waals surface area contributed by atoms with Crippen LogP contribution in [0, 0.1) is 6.92 Å². The molecule has 142 valence electrons. The van der Waals surface area contributed by atoms with Gasteiger partial charge in [-0.1, -0.05) is 30.3 Å². The lowest BCUT2D eigenvalue weighted by molar-refractivity contribution is -0.139.